The number of rotatable bonds is 4. The predicted molar refractivity (Wildman–Crippen MR) is 84.6 cm³/mol. The molecule has 0 radical (unpaired) electrons. The lowest BCUT2D eigenvalue weighted by Gasteiger charge is -2.28. The average Bonchev–Trinajstić information content (AvgIpc) is 2.97. The van der Waals surface area contributed by atoms with Gasteiger partial charge < -0.3 is 20.4 Å². The molecule has 0 spiro atoms. The summed E-state index contributed by atoms with van der Waals surface area (Å²) >= 11 is 0. The van der Waals surface area contributed by atoms with Crippen molar-refractivity contribution >= 4 is 28.5 Å². The standard InChI is InChI=1S/C15H13F3N6O/c16-15(17,18)11-5-21-14(24-13(11)22-10-6-25-7-10)23-9-3-8-1-2-19-12(8)20-4-9/h1-5,10H,6-7H2,(H,19,20)(H2,21,22,23,24). The Morgan fingerprint density at radius 1 is 1.20 bits per heavy atom. The van der Waals surface area contributed by atoms with E-state index in [0.717, 1.165) is 11.6 Å². The highest BCUT2D eigenvalue weighted by molar-refractivity contribution is 5.79. The summed E-state index contributed by atoms with van der Waals surface area (Å²) in [5.41, 5.74) is 0.375. The lowest BCUT2D eigenvalue weighted by Crippen LogP contribution is -2.41. The lowest BCUT2D eigenvalue weighted by atomic mass is 10.2. The van der Waals surface area contributed by atoms with Crippen LogP contribution in [0.3, 0.4) is 0 Å². The first-order chi connectivity index (χ1) is 12.0. The van der Waals surface area contributed by atoms with Crippen LogP contribution in [0.5, 0.6) is 0 Å². The van der Waals surface area contributed by atoms with Gasteiger partial charge in [0, 0.05) is 17.8 Å². The fourth-order valence-electron chi connectivity index (χ4n) is 2.41. The molecular formula is C15H13F3N6O. The number of nitrogens with zero attached hydrogens (tertiary/aromatic N) is 3. The number of aromatic nitrogens is 4. The zero-order valence-electron chi connectivity index (χ0n) is 12.8. The van der Waals surface area contributed by atoms with Gasteiger partial charge in [0.25, 0.3) is 0 Å². The van der Waals surface area contributed by atoms with Crippen molar-refractivity contribution in [3.05, 3.63) is 36.3 Å². The minimum atomic E-state index is -4.54. The van der Waals surface area contributed by atoms with E-state index >= 15 is 0 Å². The lowest BCUT2D eigenvalue weighted by molar-refractivity contribution is -0.137. The normalized spacial score (nSPS) is 15.2. The van der Waals surface area contributed by atoms with E-state index in [1.807, 2.05) is 6.07 Å². The maximum Gasteiger partial charge on any atom is 0.421 e. The monoisotopic (exact) mass is 350 g/mol. The van der Waals surface area contributed by atoms with Crippen LogP contribution in [0.25, 0.3) is 11.0 Å². The van der Waals surface area contributed by atoms with Crippen LogP contribution < -0.4 is 10.6 Å². The molecule has 3 N–H and O–H groups in total. The van der Waals surface area contributed by atoms with E-state index < -0.39 is 11.7 Å². The first kappa shape index (κ1) is 15.6. The molecule has 0 amide bonds. The Kier molecular flexibility index (Phi) is 3.68. The van der Waals surface area contributed by atoms with Crippen molar-refractivity contribution in [3.63, 3.8) is 0 Å². The number of nitrogens with one attached hydrogen (secondary N) is 3. The van der Waals surface area contributed by atoms with Gasteiger partial charge in [-0.1, -0.05) is 0 Å². The van der Waals surface area contributed by atoms with Gasteiger partial charge in [-0.3, -0.25) is 0 Å². The Labute approximate surface area is 139 Å². The number of hydrogen-bond acceptors (Lipinski definition) is 6. The van der Waals surface area contributed by atoms with Crippen LogP contribution in [-0.2, 0) is 10.9 Å². The summed E-state index contributed by atoms with van der Waals surface area (Å²) in [5, 5.41) is 6.49. The fraction of sp³-hybridized carbons (Fsp3) is 0.267. The van der Waals surface area contributed by atoms with E-state index in [0.29, 0.717) is 24.5 Å². The van der Waals surface area contributed by atoms with Gasteiger partial charge in [-0.2, -0.15) is 18.2 Å². The SMILES string of the molecule is FC(F)(F)c1cnc(Nc2cnc3[nH]ccc3c2)nc1NC1COC1. The molecular weight excluding hydrogens is 337 g/mol. The molecule has 1 aliphatic rings. The third kappa shape index (κ3) is 3.20. The number of ether oxygens (including phenoxy) is 1. The smallest absolute Gasteiger partial charge is 0.377 e. The van der Waals surface area contributed by atoms with Crippen LogP contribution in [0.4, 0.5) is 30.6 Å². The summed E-state index contributed by atoms with van der Waals surface area (Å²) < 4.78 is 44.4. The van der Waals surface area contributed by atoms with Gasteiger partial charge in [-0.15, -0.1) is 0 Å². The van der Waals surface area contributed by atoms with E-state index in [2.05, 4.69) is 30.6 Å². The zero-order valence-corrected chi connectivity index (χ0v) is 12.8. The number of H-pyrrole nitrogens is 1. The highest BCUT2D eigenvalue weighted by Crippen LogP contribution is 2.34. The molecule has 4 rings (SSSR count). The summed E-state index contributed by atoms with van der Waals surface area (Å²) in [6.07, 6.45) is -0.484. The summed E-state index contributed by atoms with van der Waals surface area (Å²) in [6.45, 7) is 0.691. The van der Waals surface area contributed by atoms with Crippen molar-refractivity contribution in [1.29, 1.82) is 0 Å². The number of pyridine rings is 1. The van der Waals surface area contributed by atoms with Gasteiger partial charge >= 0.3 is 6.18 Å². The van der Waals surface area contributed by atoms with E-state index in [1.54, 1.807) is 18.5 Å². The molecule has 1 saturated heterocycles. The Morgan fingerprint density at radius 3 is 2.76 bits per heavy atom. The largest absolute Gasteiger partial charge is 0.421 e. The van der Waals surface area contributed by atoms with Crippen molar-refractivity contribution in [1.82, 2.24) is 19.9 Å². The summed E-state index contributed by atoms with van der Waals surface area (Å²) in [4.78, 5) is 14.9. The summed E-state index contributed by atoms with van der Waals surface area (Å²) in [7, 11) is 0. The summed E-state index contributed by atoms with van der Waals surface area (Å²) in [6, 6.07) is 3.44. The van der Waals surface area contributed by atoms with E-state index in [9.17, 15) is 13.2 Å². The first-order valence-corrected chi connectivity index (χ1v) is 7.48. The molecule has 7 nitrogen and oxygen atoms in total. The third-order valence-corrected chi connectivity index (χ3v) is 3.73. The van der Waals surface area contributed by atoms with Crippen molar-refractivity contribution in [2.75, 3.05) is 23.8 Å². The first-order valence-electron chi connectivity index (χ1n) is 7.48. The minimum Gasteiger partial charge on any atom is -0.377 e. The van der Waals surface area contributed by atoms with Gasteiger partial charge in [0.15, 0.2) is 0 Å². The molecule has 0 saturated carbocycles. The number of alkyl halides is 3. The highest BCUT2D eigenvalue weighted by atomic mass is 19.4. The van der Waals surface area contributed by atoms with Crippen LogP contribution in [0, 0.1) is 0 Å². The molecule has 0 aromatic carbocycles. The highest BCUT2D eigenvalue weighted by Gasteiger charge is 2.36. The second-order valence-corrected chi connectivity index (χ2v) is 5.60. The molecule has 0 atom stereocenters. The number of anilines is 3. The molecule has 0 bridgehead atoms. The van der Waals surface area contributed by atoms with Gasteiger partial charge in [0.05, 0.1) is 31.1 Å². The van der Waals surface area contributed by atoms with E-state index in [-0.39, 0.29) is 17.8 Å². The van der Waals surface area contributed by atoms with Gasteiger partial charge in [0.1, 0.15) is 17.0 Å². The van der Waals surface area contributed by atoms with Crippen molar-refractivity contribution in [3.8, 4) is 0 Å². The van der Waals surface area contributed by atoms with Crippen molar-refractivity contribution in [2.45, 2.75) is 12.2 Å². The third-order valence-electron chi connectivity index (χ3n) is 3.73. The average molecular weight is 350 g/mol. The topological polar surface area (TPSA) is 87.8 Å². The molecule has 10 heteroatoms. The molecule has 3 aromatic heterocycles. The second-order valence-electron chi connectivity index (χ2n) is 5.60. The molecule has 1 fully saturated rings. The molecule has 3 aromatic rings. The maximum atomic E-state index is 13.1. The van der Waals surface area contributed by atoms with Crippen LogP contribution in [0.2, 0.25) is 0 Å². The van der Waals surface area contributed by atoms with Crippen LogP contribution in [0.15, 0.2) is 30.7 Å². The Morgan fingerprint density at radius 2 is 2.04 bits per heavy atom. The molecule has 0 aliphatic carbocycles. The maximum absolute atomic E-state index is 13.1. The van der Waals surface area contributed by atoms with Gasteiger partial charge in [-0.05, 0) is 12.1 Å². The number of hydrogen-bond donors (Lipinski definition) is 3. The minimum absolute atomic E-state index is 0.0485. The Hall–Kier alpha value is -2.88. The quantitative estimate of drug-likeness (QED) is 0.671. The Bertz CT molecular complexity index is 906. The predicted octanol–water partition coefficient (Wildman–Crippen LogP) is 2.93. The van der Waals surface area contributed by atoms with Crippen LogP contribution in [0.1, 0.15) is 5.56 Å². The van der Waals surface area contributed by atoms with Crippen molar-refractivity contribution in [2.24, 2.45) is 0 Å². The molecule has 4 heterocycles. The Balaban J connectivity index is 1.63. The van der Waals surface area contributed by atoms with Crippen LogP contribution >= 0.6 is 0 Å². The van der Waals surface area contributed by atoms with E-state index in [1.165, 1.54) is 0 Å². The summed E-state index contributed by atoms with van der Waals surface area (Å²) in [5.74, 6) is -0.221. The number of halogens is 3. The van der Waals surface area contributed by atoms with Crippen molar-refractivity contribution < 1.29 is 17.9 Å². The van der Waals surface area contributed by atoms with Crippen LogP contribution in [-0.4, -0.2) is 39.2 Å². The number of aromatic amines is 1. The second kappa shape index (κ2) is 5.88. The molecule has 130 valence electrons. The zero-order chi connectivity index (χ0) is 17.4. The van der Waals surface area contributed by atoms with E-state index in [4.69, 9.17) is 4.74 Å². The van der Waals surface area contributed by atoms with Gasteiger partial charge in [0.2, 0.25) is 5.95 Å². The fourth-order valence-corrected chi connectivity index (χ4v) is 2.41. The number of fused-ring (bicyclic) bond motifs is 1. The van der Waals surface area contributed by atoms with Gasteiger partial charge in [-0.25, -0.2) is 9.97 Å². The molecule has 0 unspecified atom stereocenters. The molecule has 1 aliphatic heterocycles. The molecule has 25 heavy (non-hydrogen) atoms.